The highest BCUT2D eigenvalue weighted by Crippen LogP contribution is 2.31. The number of benzene rings is 3. The molecule has 0 saturated heterocycles. The van der Waals surface area contributed by atoms with E-state index in [1.165, 1.54) is 11.1 Å². The lowest BCUT2D eigenvalue weighted by molar-refractivity contribution is 0.617. The average molecular weight is 446 g/mol. The lowest BCUT2D eigenvalue weighted by Crippen LogP contribution is -1.93. The molecule has 3 aromatic carbocycles. The van der Waals surface area contributed by atoms with E-state index < -0.39 is 0 Å². The second-order valence-electron chi connectivity index (χ2n) is 7.08. The summed E-state index contributed by atoms with van der Waals surface area (Å²) in [5.41, 5.74) is 9.62. The van der Waals surface area contributed by atoms with Crippen LogP contribution in [0.2, 0.25) is 10.0 Å². The van der Waals surface area contributed by atoms with Crippen LogP contribution >= 0.6 is 23.2 Å². The van der Waals surface area contributed by atoms with Crippen LogP contribution in [0.25, 0.3) is 27.8 Å². The number of nitrogens with zero attached hydrogens (tertiary/aromatic N) is 2. The average Bonchev–Trinajstić information content (AvgIpc) is 3.42. The summed E-state index contributed by atoms with van der Waals surface area (Å²) in [7, 11) is 0. The van der Waals surface area contributed by atoms with Crippen molar-refractivity contribution in [3.8, 4) is 11.1 Å². The fraction of sp³-hybridized carbons (Fsp3) is 0.0400. The van der Waals surface area contributed by atoms with Crippen LogP contribution in [0.1, 0.15) is 12.0 Å². The summed E-state index contributed by atoms with van der Waals surface area (Å²) >= 11 is 12.2. The summed E-state index contributed by atoms with van der Waals surface area (Å²) in [5.74, 6) is 0. The Morgan fingerprint density at radius 1 is 0.903 bits per heavy atom. The zero-order valence-corrected chi connectivity index (χ0v) is 17.9. The predicted octanol–water partition coefficient (Wildman–Crippen LogP) is 7.61. The maximum atomic E-state index is 6.15. The second-order valence-corrected chi connectivity index (χ2v) is 7.92. The minimum Gasteiger partial charge on any atom is -0.421 e. The number of oxazole rings is 1. The van der Waals surface area contributed by atoms with Gasteiger partial charge in [-0.1, -0.05) is 90.0 Å². The number of halogens is 2. The van der Waals surface area contributed by atoms with Gasteiger partial charge in [0.05, 0.1) is 11.2 Å². The van der Waals surface area contributed by atoms with Crippen LogP contribution in [0, 0.1) is 0 Å². The van der Waals surface area contributed by atoms with Crippen molar-refractivity contribution in [2.75, 3.05) is 5.43 Å². The standard InChI is InChI=1S/C25H17Cl2N3O/c26-20-13-22(27)24-23(14-20)29-25(31-24)30-28-15-19-7-4-8-21(19)18-11-9-17(10-12-18)16-5-2-1-3-6-16/h1-3,5-15H,4H2,(H,29,30)/b28-15+. The highest BCUT2D eigenvalue weighted by molar-refractivity contribution is 6.38. The first-order valence-corrected chi connectivity index (χ1v) is 10.5. The number of rotatable bonds is 5. The Bertz CT molecular complexity index is 1340. The minimum atomic E-state index is 0.256. The maximum absolute atomic E-state index is 6.15. The van der Waals surface area contributed by atoms with Crippen LogP contribution in [0.5, 0.6) is 0 Å². The van der Waals surface area contributed by atoms with E-state index >= 15 is 0 Å². The quantitative estimate of drug-likeness (QED) is 0.254. The Morgan fingerprint density at radius 3 is 2.45 bits per heavy atom. The normalized spacial score (nSPS) is 13.6. The van der Waals surface area contributed by atoms with Crippen LogP contribution in [0.4, 0.5) is 6.01 Å². The van der Waals surface area contributed by atoms with E-state index in [1.54, 1.807) is 18.3 Å². The van der Waals surface area contributed by atoms with Gasteiger partial charge in [-0.3, -0.25) is 0 Å². The lowest BCUT2D eigenvalue weighted by Gasteiger charge is -2.07. The first kappa shape index (κ1) is 19.6. The van der Waals surface area contributed by atoms with E-state index in [0.29, 0.717) is 21.1 Å². The Balaban J connectivity index is 1.31. The van der Waals surface area contributed by atoms with E-state index in [2.05, 4.69) is 64.1 Å². The van der Waals surface area contributed by atoms with Crippen LogP contribution < -0.4 is 5.43 Å². The Kier molecular flexibility index (Phi) is 5.33. The highest BCUT2D eigenvalue weighted by atomic mass is 35.5. The Labute approximate surface area is 189 Å². The van der Waals surface area contributed by atoms with Crippen LogP contribution in [0.15, 0.2) is 94.0 Å². The number of aromatic nitrogens is 1. The summed E-state index contributed by atoms with van der Waals surface area (Å²) < 4.78 is 5.62. The van der Waals surface area contributed by atoms with Crippen molar-refractivity contribution in [2.45, 2.75) is 6.42 Å². The van der Waals surface area contributed by atoms with Gasteiger partial charge in [0.1, 0.15) is 5.52 Å². The molecule has 0 atom stereocenters. The van der Waals surface area contributed by atoms with Crippen molar-refractivity contribution in [1.82, 2.24) is 4.98 Å². The molecule has 5 rings (SSSR count). The van der Waals surface area contributed by atoms with Crippen molar-refractivity contribution in [1.29, 1.82) is 0 Å². The molecule has 1 aromatic heterocycles. The molecule has 4 aromatic rings. The topological polar surface area (TPSA) is 50.4 Å². The number of fused-ring (bicyclic) bond motifs is 1. The van der Waals surface area contributed by atoms with Gasteiger partial charge in [0.15, 0.2) is 5.58 Å². The van der Waals surface area contributed by atoms with Gasteiger partial charge in [0.2, 0.25) is 0 Å². The number of anilines is 1. The molecule has 1 N–H and O–H groups in total. The van der Waals surface area contributed by atoms with Gasteiger partial charge < -0.3 is 4.42 Å². The van der Waals surface area contributed by atoms with E-state index in [1.807, 2.05) is 18.2 Å². The molecule has 0 spiro atoms. The predicted molar refractivity (Wildman–Crippen MR) is 129 cm³/mol. The number of hydrogen-bond acceptors (Lipinski definition) is 4. The lowest BCUT2D eigenvalue weighted by atomic mass is 9.98. The van der Waals surface area contributed by atoms with E-state index in [4.69, 9.17) is 27.6 Å². The maximum Gasteiger partial charge on any atom is 0.316 e. The van der Waals surface area contributed by atoms with Gasteiger partial charge in [0.25, 0.3) is 0 Å². The molecule has 0 unspecified atom stereocenters. The van der Waals surface area contributed by atoms with Gasteiger partial charge in [-0.2, -0.15) is 10.1 Å². The van der Waals surface area contributed by atoms with Crippen molar-refractivity contribution < 1.29 is 4.42 Å². The van der Waals surface area contributed by atoms with Gasteiger partial charge in [-0.15, -0.1) is 0 Å². The number of nitrogens with one attached hydrogen (secondary N) is 1. The summed E-state index contributed by atoms with van der Waals surface area (Å²) in [5, 5.41) is 5.21. The van der Waals surface area contributed by atoms with Gasteiger partial charge in [-0.25, -0.2) is 5.43 Å². The SMILES string of the molecule is Clc1cc(Cl)c2oc(N/N=C/C3=CCC=C3c3ccc(-c4ccccc4)cc3)nc2c1. The number of hydrazone groups is 1. The van der Waals surface area contributed by atoms with Gasteiger partial charge in [0, 0.05) is 5.02 Å². The van der Waals surface area contributed by atoms with Gasteiger partial charge in [-0.05, 0) is 46.4 Å². The van der Waals surface area contributed by atoms with Crippen molar-refractivity contribution in [3.63, 3.8) is 0 Å². The monoisotopic (exact) mass is 445 g/mol. The van der Waals surface area contributed by atoms with Crippen LogP contribution in [-0.2, 0) is 0 Å². The van der Waals surface area contributed by atoms with Crippen molar-refractivity contribution >= 4 is 52.1 Å². The minimum absolute atomic E-state index is 0.256. The fourth-order valence-electron chi connectivity index (χ4n) is 3.58. The van der Waals surface area contributed by atoms with Crippen LogP contribution in [-0.4, -0.2) is 11.2 Å². The van der Waals surface area contributed by atoms with Gasteiger partial charge >= 0.3 is 6.01 Å². The Morgan fingerprint density at radius 2 is 1.65 bits per heavy atom. The zero-order chi connectivity index (χ0) is 21.2. The van der Waals surface area contributed by atoms with Crippen molar-refractivity contribution in [2.24, 2.45) is 5.10 Å². The smallest absolute Gasteiger partial charge is 0.316 e. The van der Waals surface area contributed by atoms with Crippen molar-refractivity contribution in [3.05, 3.63) is 100 Å². The second kappa shape index (κ2) is 8.42. The number of allylic oxidation sites excluding steroid dienone is 4. The summed E-state index contributed by atoms with van der Waals surface area (Å²) in [4.78, 5) is 4.32. The molecule has 31 heavy (non-hydrogen) atoms. The molecule has 1 aliphatic rings. The summed E-state index contributed by atoms with van der Waals surface area (Å²) in [6, 6.07) is 22.5. The van der Waals surface area contributed by atoms with E-state index in [9.17, 15) is 0 Å². The molecule has 0 fully saturated rings. The molecule has 152 valence electrons. The molecular weight excluding hydrogens is 429 g/mol. The summed E-state index contributed by atoms with van der Waals surface area (Å²) in [6.07, 6.45) is 6.97. The Hall–Kier alpha value is -3.34. The largest absolute Gasteiger partial charge is 0.421 e. The fourth-order valence-corrected chi connectivity index (χ4v) is 4.10. The first-order valence-electron chi connectivity index (χ1n) is 9.78. The molecule has 0 radical (unpaired) electrons. The van der Waals surface area contributed by atoms with E-state index in [0.717, 1.165) is 23.1 Å². The molecule has 6 heteroatoms. The molecule has 4 nitrogen and oxygen atoms in total. The third-order valence-electron chi connectivity index (χ3n) is 5.05. The molecule has 1 aliphatic carbocycles. The number of hydrogen-bond donors (Lipinski definition) is 1. The molecule has 0 saturated carbocycles. The summed E-state index contributed by atoms with van der Waals surface area (Å²) in [6.45, 7) is 0. The van der Waals surface area contributed by atoms with E-state index in [-0.39, 0.29) is 6.01 Å². The molecule has 0 aliphatic heterocycles. The highest BCUT2D eigenvalue weighted by Gasteiger charge is 2.12. The molecule has 1 heterocycles. The van der Waals surface area contributed by atoms with Crippen LogP contribution in [0.3, 0.4) is 0 Å². The first-order chi connectivity index (χ1) is 15.2. The third-order valence-corrected chi connectivity index (χ3v) is 5.55. The molecule has 0 amide bonds. The zero-order valence-electron chi connectivity index (χ0n) is 16.3. The molecule has 0 bridgehead atoms. The third kappa shape index (κ3) is 4.13. The molecular formula is C25H17Cl2N3O.